The third kappa shape index (κ3) is 14.7. The molecular weight excluding hydrogens is 243 g/mol. The number of pyridine rings is 1. The van der Waals surface area contributed by atoms with Gasteiger partial charge >= 0.3 is 6.36 Å². The SMILES string of the molecule is CC.CC.CC.Cc1ccc(OC(F)(F)F)cn1. The highest BCUT2D eigenvalue weighted by atomic mass is 19.4. The standard InChI is InChI=1S/C7H6F3NO.3C2H6/c1-5-2-3-6(4-11-5)12-7(8,9)10;3*1-2/h2-4H,1H3;3*1-2H3. The fourth-order valence-corrected chi connectivity index (χ4v) is 0.648. The van der Waals surface area contributed by atoms with E-state index in [0.29, 0.717) is 5.69 Å². The van der Waals surface area contributed by atoms with E-state index >= 15 is 0 Å². The fourth-order valence-electron chi connectivity index (χ4n) is 0.648. The van der Waals surface area contributed by atoms with Crippen molar-refractivity contribution in [2.24, 2.45) is 0 Å². The van der Waals surface area contributed by atoms with Gasteiger partial charge in [0.05, 0.1) is 6.20 Å². The van der Waals surface area contributed by atoms with Gasteiger partial charge in [-0.3, -0.25) is 4.98 Å². The van der Waals surface area contributed by atoms with Gasteiger partial charge in [0.15, 0.2) is 0 Å². The van der Waals surface area contributed by atoms with Crippen molar-refractivity contribution < 1.29 is 17.9 Å². The molecule has 0 atom stereocenters. The topological polar surface area (TPSA) is 22.1 Å². The molecule has 0 unspecified atom stereocenters. The van der Waals surface area contributed by atoms with E-state index in [-0.39, 0.29) is 5.75 Å². The Kier molecular flexibility index (Phi) is 16.8. The molecule has 0 saturated carbocycles. The maximum absolute atomic E-state index is 11.6. The highest BCUT2D eigenvalue weighted by Gasteiger charge is 2.31. The van der Waals surface area contributed by atoms with Crippen LogP contribution in [0.25, 0.3) is 0 Å². The van der Waals surface area contributed by atoms with Crippen LogP contribution >= 0.6 is 0 Å². The van der Waals surface area contributed by atoms with Gasteiger partial charge in [-0.05, 0) is 19.1 Å². The van der Waals surface area contributed by atoms with Crippen molar-refractivity contribution in [2.45, 2.75) is 54.8 Å². The molecule has 0 aliphatic carbocycles. The van der Waals surface area contributed by atoms with E-state index in [1.165, 1.54) is 12.1 Å². The van der Waals surface area contributed by atoms with Gasteiger partial charge in [-0.15, -0.1) is 13.2 Å². The molecule has 2 nitrogen and oxygen atoms in total. The zero-order valence-electron chi connectivity index (χ0n) is 12.2. The molecule has 18 heavy (non-hydrogen) atoms. The number of aryl methyl sites for hydroxylation is 1. The first-order valence-electron chi connectivity index (χ1n) is 6.16. The fraction of sp³-hybridized carbons (Fsp3) is 0.615. The molecule has 0 amide bonds. The largest absolute Gasteiger partial charge is 0.573 e. The number of alkyl halides is 3. The van der Waals surface area contributed by atoms with E-state index in [9.17, 15) is 13.2 Å². The van der Waals surface area contributed by atoms with Crippen LogP contribution in [0, 0.1) is 6.92 Å². The van der Waals surface area contributed by atoms with Gasteiger partial charge in [-0.25, -0.2) is 0 Å². The minimum absolute atomic E-state index is 0.298. The van der Waals surface area contributed by atoms with Gasteiger partial charge < -0.3 is 4.74 Å². The summed E-state index contributed by atoms with van der Waals surface area (Å²) in [5.41, 5.74) is 0.643. The lowest BCUT2D eigenvalue weighted by Crippen LogP contribution is -2.17. The first kappa shape index (κ1) is 22.0. The summed E-state index contributed by atoms with van der Waals surface area (Å²) in [7, 11) is 0. The van der Waals surface area contributed by atoms with E-state index in [2.05, 4.69) is 9.72 Å². The van der Waals surface area contributed by atoms with Gasteiger partial charge in [0.25, 0.3) is 0 Å². The number of rotatable bonds is 1. The molecule has 0 bridgehead atoms. The molecule has 0 aliphatic heterocycles. The van der Waals surface area contributed by atoms with Crippen molar-refractivity contribution in [1.29, 1.82) is 0 Å². The van der Waals surface area contributed by atoms with Crippen molar-refractivity contribution in [3.63, 3.8) is 0 Å². The van der Waals surface area contributed by atoms with Crippen LogP contribution in [-0.4, -0.2) is 11.3 Å². The molecule has 1 rings (SSSR count). The molecular formula is C13H24F3NO. The molecule has 108 valence electrons. The van der Waals surface area contributed by atoms with E-state index in [4.69, 9.17) is 0 Å². The third-order valence-electron chi connectivity index (χ3n) is 1.12. The summed E-state index contributed by atoms with van der Waals surface area (Å²) in [6, 6.07) is 2.66. The molecule has 0 spiro atoms. The van der Waals surface area contributed by atoms with E-state index < -0.39 is 6.36 Å². The van der Waals surface area contributed by atoms with Crippen LogP contribution in [0.1, 0.15) is 47.2 Å². The first-order chi connectivity index (χ1) is 8.47. The summed E-state index contributed by atoms with van der Waals surface area (Å²) in [4.78, 5) is 3.64. The molecule has 0 fully saturated rings. The Morgan fingerprint density at radius 2 is 1.39 bits per heavy atom. The molecule has 1 heterocycles. The Labute approximate surface area is 108 Å². The van der Waals surface area contributed by atoms with Gasteiger partial charge in [-0.2, -0.15) is 0 Å². The summed E-state index contributed by atoms with van der Waals surface area (Å²) < 4.78 is 38.4. The normalized spacial score (nSPS) is 8.56. The molecule has 0 saturated heterocycles. The minimum Gasteiger partial charge on any atom is -0.404 e. The quantitative estimate of drug-likeness (QED) is 0.682. The van der Waals surface area contributed by atoms with E-state index in [0.717, 1.165) is 6.20 Å². The third-order valence-corrected chi connectivity index (χ3v) is 1.12. The minimum atomic E-state index is -4.64. The second-order valence-electron chi connectivity index (χ2n) is 2.18. The molecule has 1 aromatic heterocycles. The first-order valence-corrected chi connectivity index (χ1v) is 6.16. The number of aromatic nitrogens is 1. The Morgan fingerprint density at radius 1 is 0.944 bits per heavy atom. The zero-order chi connectivity index (χ0) is 15.2. The van der Waals surface area contributed by atoms with E-state index in [1.54, 1.807) is 6.92 Å². The van der Waals surface area contributed by atoms with Crippen LogP contribution in [0.4, 0.5) is 13.2 Å². The predicted molar refractivity (Wildman–Crippen MR) is 69.7 cm³/mol. The Balaban J connectivity index is -0.000000328. The lowest BCUT2D eigenvalue weighted by atomic mass is 10.4. The highest BCUT2D eigenvalue weighted by Crippen LogP contribution is 2.21. The number of halogens is 3. The highest BCUT2D eigenvalue weighted by molar-refractivity contribution is 5.19. The Morgan fingerprint density at radius 3 is 1.67 bits per heavy atom. The van der Waals surface area contributed by atoms with Crippen molar-refractivity contribution in [3.8, 4) is 5.75 Å². The summed E-state index contributed by atoms with van der Waals surface area (Å²) in [6.45, 7) is 13.7. The Hall–Kier alpha value is -1.26. The van der Waals surface area contributed by atoms with Crippen molar-refractivity contribution in [1.82, 2.24) is 4.98 Å². The summed E-state index contributed by atoms with van der Waals surface area (Å²) in [6.07, 6.45) is -3.61. The Bertz CT molecular complexity index is 258. The van der Waals surface area contributed by atoms with Gasteiger partial charge in [-0.1, -0.05) is 41.5 Å². The maximum atomic E-state index is 11.6. The van der Waals surface area contributed by atoms with Crippen LogP contribution in [0.15, 0.2) is 18.3 Å². The van der Waals surface area contributed by atoms with Gasteiger partial charge in [0.2, 0.25) is 0 Å². The smallest absolute Gasteiger partial charge is 0.404 e. The second kappa shape index (κ2) is 13.8. The van der Waals surface area contributed by atoms with Crippen LogP contribution in [0.3, 0.4) is 0 Å². The van der Waals surface area contributed by atoms with Crippen LogP contribution in [0.2, 0.25) is 0 Å². The molecule has 0 aromatic carbocycles. The van der Waals surface area contributed by atoms with Crippen molar-refractivity contribution >= 4 is 0 Å². The monoisotopic (exact) mass is 267 g/mol. The van der Waals surface area contributed by atoms with Crippen molar-refractivity contribution in [3.05, 3.63) is 24.0 Å². The van der Waals surface area contributed by atoms with Crippen LogP contribution in [-0.2, 0) is 0 Å². The molecule has 1 aromatic rings. The summed E-state index contributed by atoms with van der Waals surface area (Å²) in [5.74, 6) is -0.298. The second-order valence-corrected chi connectivity index (χ2v) is 2.18. The molecule has 0 aliphatic rings. The predicted octanol–water partition coefficient (Wildman–Crippen LogP) is 5.37. The number of ether oxygens (including phenoxy) is 1. The van der Waals surface area contributed by atoms with E-state index in [1.807, 2.05) is 41.5 Å². The maximum Gasteiger partial charge on any atom is 0.573 e. The van der Waals surface area contributed by atoms with Gasteiger partial charge in [0.1, 0.15) is 5.75 Å². The zero-order valence-corrected chi connectivity index (χ0v) is 12.2. The van der Waals surface area contributed by atoms with Gasteiger partial charge in [0, 0.05) is 5.69 Å². The number of hydrogen-bond acceptors (Lipinski definition) is 2. The number of nitrogens with zero attached hydrogens (tertiary/aromatic N) is 1. The molecule has 5 heteroatoms. The lowest BCUT2D eigenvalue weighted by Gasteiger charge is -2.07. The average molecular weight is 267 g/mol. The number of hydrogen-bond donors (Lipinski definition) is 0. The average Bonchev–Trinajstić information content (AvgIpc) is 2.38. The van der Waals surface area contributed by atoms with Crippen LogP contribution in [0.5, 0.6) is 5.75 Å². The van der Waals surface area contributed by atoms with Crippen molar-refractivity contribution in [2.75, 3.05) is 0 Å². The molecule has 0 N–H and O–H groups in total. The summed E-state index contributed by atoms with van der Waals surface area (Å²) in [5, 5.41) is 0. The van der Waals surface area contributed by atoms with Crippen LogP contribution < -0.4 is 4.74 Å². The molecule has 0 radical (unpaired) electrons. The lowest BCUT2D eigenvalue weighted by molar-refractivity contribution is -0.274. The summed E-state index contributed by atoms with van der Waals surface area (Å²) >= 11 is 0.